The molecule has 1 aromatic rings. The Balaban J connectivity index is 2.36. The Morgan fingerprint density at radius 1 is 1.44 bits per heavy atom. The van der Waals surface area contributed by atoms with Gasteiger partial charge >= 0.3 is 11.9 Å². The smallest absolute Gasteiger partial charge is 0.342 e. The van der Waals surface area contributed by atoms with Crippen molar-refractivity contribution in [3.63, 3.8) is 0 Å². The first kappa shape index (κ1) is 21.3. The van der Waals surface area contributed by atoms with Crippen LogP contribution < -0.4 is 4.74 Å². The molecule has 1 aromatic carbocycles. The molecule has 2 N–H and O–H groups in total. The third kappa shape index (κ3) is 4.64. The Morgan fingerprint density at radius 3 is 2.74 bits per heavy atom. The zero-order chi connectivity index (χ0) is 20.1. The highest BCUT2D eigenvalue weighted by molar-refractivity contribution is 9.09. The number of benzene rings is 1. The van der Waals surface area contributed by atoms with Gasteiger partial charge in [-0.3, -0.25) is 4.79 Å². The van der Waals surface area contributed by atoms with E-state index in [1.807, 2.05) is 19.9 Å². The lowest BCUT2D eigenvalue weighted by Crippen LogP contribution is -2.10. The van der Waals surface area contributed by atoms with Gasteiger partial charge in [-0.15, -0.1) is 0 Å². The molecule has 0 amide bonds. The van der Waals surface area contributed by atoms with Crippen LogP contribution in [0.5, 0.6) is 11.5 Å². The zero-order valence-electron chi connectivity index (χ0n) is 15.8. The largest absolute Gasteiger partial charge is 0.507 e. The van der Waals surface area contributed by atoms with Crippen LogP contribution in [-0.4, -0.2) is 34.6 Å². The number of ether oxygens (including phenoxy) is 2. The molecule has 6 nitrogen and oxygen atoms in total. The maximum atomic E-state index is 12.0. The van der Waals surface area contributed by atoms with Crippen LogP contribution >= 0.6 is 15.9 Å². The van der Waals surface area contributed by atoms with E-state index in [0.717, 1.165) is 29.3 Å². The van der Waals surface area contributed by atoms with Crippen molar-refractivity contribution < 1.29 is 29.3 Å². The summed E-state index contributed by atoms with van der Waals surface area (Å²) in [5, 5.41) is 20.6. The number of phenolic OH excluding ortho intramolecular Hbond substituents is 1. The molecule has 0 spiro atoms. The molecule has 1 aliphatic rings. The van der Waals surface area contributed by atoms with Crippen molar-refractivity contribution in [2.45, 2.75) is 46.1 Å². The number of carbonyl (C=O) groups excluding carboxylic acids is 1. The number of rotatable bonds is 9. The molecule has 1 heterocycles. The molecule has 0 saturated heterocycles. The molecule has 0 fully saturated rings. The number of aromatic hydroxyl groups is 1. The fourth-order valence-corrected chi connectivity index (χ4v) is 3.81. The van der Waals surface area contributed by atoms with E-state index >= 15 is 0 Å². The quantitative estimate of drug-likeness (QED) is 0.340. The SMILES string of the molecule is COc1c(C)c2c(c(O)c1CC=C(C)C(CCCBr)CC(=O)O)C(=O)OC2. The molecule has 0 aromatic heterocycles. The summed E-state index contributed by atoms with van der Waals surface area (Å²) < 4.78 is 10.5. The second-order valence-electron chi connectivity index (χ2n) is 6.69. The van der Waals surface area contributed by atoms with E-state index in [1.54, 1.807) is 0 Å². The monoisotopic (exact) mass is 440 g/mol. The van der Waals surface area contributed by atoms with Crippen molar-refractivity contribution in [3.05, 3.63) is 33.9 Å². The summed E-state index contributed by atoms with van der Waals surface area (Å²) in [5.74, 6) is -1.03. The van der Waals surface area contributed by atoms with Crippen molar-refractivity contribution in [3.8, 4) is 11.5 Å². The second kappa shape index (κ2) is 9.26. The second-order valence-corrected chi connectivity index (χ2v) is 7.49. The molecule has 148 valence electrons. The Bertz CT molecular complexity index is 768. The summed E-state index contributed by atoms with van der Waals surface area (Å²) >= 11 is 3.38. The van der Waals surface area contributed by atoms with Gasteiger partial charge in [0.2, 0.25) is 0 Å². The Labute approximate surface area is 167 Å². The van der Waals surface area contributed by atoms with Crippen LogP contribution in [0.15, 0.2) is 11.6 Å². The summed E-state index contributed by atoms with van der Waals surface area (Å²) in [6, 6.07) is 0. The summed E-state index contributed by atoms with van der Waals surface area (Å²) in [7, 11) is 1.52. The van der Waals surface area contributed by atoms with Gasteiger partial charge in [-0.1, -0.05) is 27.6 Å². The Hall–Kier alpha value is -2.02. The standard InChI is InChI=1S/C20H25BrO6/c1-11(13(5-4-8-21)9-16(22)23)6-7-14-18(24)17-15(10-27-20(17)25)12(2)19(14)26-3/h6,13,24H,4-5,7-10H2,1-3H3,(H,22,23). The highest BCUT2D eigenvalue weighted by Crippen LogP contribution is 2.42. The van der Waals surface area contributed by atoms with Crippen molar-refractivity contribution >= 4 is 27.9 Å². The molecule has 0 saturated carbocycles. The van der Waals surface area contributed by atoms with Crippen LogP contribution in [0.2, 0.25) is 0 Å². The summed E-state index contributed by atoms with van der Waals surface area (Å²) in [6.45, 7) is 3.87. The number of alkyl halides is 1. The highest BCUT2D eigenvalue weighted by Gasteiger charge is 2.31. The topological polar surface area (TPSA) is 93.1 Å². The van der Waals surface area contributed by atoms with E-state index in [2.05, 4.69) is 15.9 Å². The zero-order valence-corrected chi connectivity index (χ0v) is 17.4. The number of methoxy groups -OCH3 is 1. The molecule has 1 aliphatic heterocycles. The lowest BCUT2D eigenvalue weighted by molar-refractivity contribution is -0.137. The highest BCUT2D eigenvalue weighted by atomic mass is 79.9. The van der Waals surface area contributed by atoms with E-state index in [4.69, 9.17) is 14.6 Å². The predicted molar refractivity (Wildman–Crippen MR) is 105 cm³/mol. The van der Waals surface area contributed by atoms with E-state index < -0.39 is 11.9 Å². The fraction of sp³-hybridized carbons (Fsp3) is 0.500. The van der Waals surface area contributed by atoms with Crippen LogP contribution in [0.25, 0.3) is 0 Å². The van der Waals surface area contributed by atoms with Crippen LogP contribution in [-0.2, 0) is 22.6 Å². The van der Waals surface area contributed by atoms with Crippen LogP contribution in [0.1, 0.15) is 53.2 Å². The molecule has 27 heavy (non-hydrogen) atoms. The van der Waals surface area contributed by atoms with Crippen molar-refractivity contribution in [1.29, 1.82) is 0 Å². The number of allylic oxidation sites excluding steroid dienone is 2. The molecular weight excluding hydrogens is 416 g/mol. The molecule has 2 rings (SSSR count). The summed E-state index contributed by atoms with van der Waals surface area (Å²) in [4.78, 5) is 23.1. The van der Waals surface area contributed by atoms with E-state index in [1.165, 1.54) is 7.11 Å². The number of hydrogen-bond donors (Lipinski definition) is 2. The number of phenols is 1. The first-order valence-electron chi connectivity index (χ1n) is 8.84. The number of carboxylic acids is 1. The molecule has 1 atom stereocenters. The van der Waals surface area contributed by atoms with Gasteiger partial charge in [-0.05, 0) is 44.6 Å². The van der Waals surface area contributed by atoms with E-state index in [0.29, 0.717) is 23.3 Å². The third-order valence-electron chi connectivity index (χ3n) is 5.03. The van der Waals surface area contributed by atoms with Gasteiger partial charge < -0.3 is 19.7 Å². The van der Waals surface area contributed by atoms with Crippen LogP contribution in [0.4, 0.5) is 0 Å². The normalized spacial score (nSPS) is 14.7. The molecule has 0 radical (unpaired) electrons. The maximum absolute atomic E-state index is 12.0. The fourth-order valence-electron chi connectivity index (χ4n) is 3.48. The molecule has 7 heteroatoms. The Kier molecular flexibility index (Phi) is 7.30. The van der Waals surface area contributed by atoms with Gasteiger partial charge in [0.1, 0.15) is 23.7 Å². The lowest BCUT2D eigenvalue weighted by Gasteiger charge is -2.18. The lowest BCUT2D eigenvalue weighted by atomic mass is 9.90. The molecule has 0 bridgehead atoms. The van der Waals surface area contributed by atoms with Gasteiger partial charge in [0.05, 0.1) is 13.5 Å². The van der Waals surface area contributed by atoms with E-state index in [-0.39, 0.29) is 30.3 Å². The number of cyclic esters (lactones) is 1. The number of carbonyl (C=O) groups is 2. The van der Waals surface area contributed by atoms with Crippen LogP contribution in [0, 0.1) is 12.8 Å². The van der Waals surface area contributed by atoms with Crippen molar-refractivity contribution in [2.24, 2.45) is 5.92 Å². The molecular formula is C20H25BrO6. The molecule has 1 unspecified atom stereocenters. The number of aliphatic carboxylic acids is 1. The van der Waals surface area contributed by atoms with Gasteiger partial charge in [-0.2, -0.15) is 0 Å². The first-order chi connectivity index (χ1) is 12.8. The maximum Gasteiger partial charge on any atom is 0.342 e. The average molecular weight is 441 g/mol. The minimum Gasteiger partial charge on any atom is -0.507 e. The van der Waals surface area contributed by atoms with Gasteiger partial charge in [0.15, 0.2) is 0 Å². The molecule has 0 aliphatic carbocycles. The van der Waals surface area contributed by atoms with Gasteiger partial charge in [0.25, 0.3) is 0 Å². The number of hydrogen-bond acceptors (Lipinski definition) is 5. The van der Waals surface area contributed by atoms with Crippen LogP contribution in [0.3, 0.4) is 0 Å². The third-order valence-corrected chi connectivity index (χ3v) is 5.59. The number of esters is 1. The number of fused-ring (bicyclic) bond motifs is 1. The van der Waals surface area contributed by atoms with Gasteiger partial charge in [-0.25, -0.2) is 4.79 Å². The first-order valence-corrected chi connectivity index (χ1v) is 9.96. The van der Waals surface area contributed by atoms with Crippen molar-refractivity contribution in [2.75, 3.05) is 12.4 Å². The van der Waals surface area contributed by atoms with Crippen molar-refractivity contribution in [1.82, 2.24) is 0 Å². The minimum atomic E-state index is -0.834. The van der Waals surface area contributed by atoms with E-state index in [9.17, 15) is 14.7 Å². The Morgan fingerprint density at radius 2 is 2.15 bits per heavy atom. The number of halogens is 1. The summed E-state index contributed by atoms with van der Waals surface area (Å²) in [6.07, 6.45) is 3.95. The summed E-state index contributed by atoms with van der Waals surface area (Å²) in [5.41, 5.74) is 3.09. The average Bonchev–Trinajstić information content (AvgIpc) is 3.01. The number of carboxylic acid groups (broad SMARTS) is 1. The van der Waals surface area contributed by atoms with Gasteiger partial charge in [0, 0.05) is 16.5 Å². The predicted octanol–water partition coefficient (Wildman–Crippen LogP) is 4.13. The minimum absolute atomic E-state index is 0.0635.